The Morgan fingerprint density at radius 2 is 2.15 bits per heavy atom. The smallest absolute Gasteiger partial charge is 0.196 e. The largest absolute Gasteiger partial charge is 0.351 e. The number of hydrogen-bond acceptors (Lipinski definition) is 4. The minimum atomic E-state index is 0.0790. The van der Waals surface area contributed by atoms with E-state index >= 15 is 0 Å². The van der Waals surface area contributed by atoms with Crippen molar-refractivity contribution < 1.29 is 4.79 Å². The van der Waals surface area contributed by atoms with E-state index in [1.807, 2.05) is 29.8 Å². The summed E-state index contributed by atoms with van der Waals surface area (Å²) < 4.78 is 1.11. The lowest BCUT2D eigenvalue weighted by Gasteiger charge is -2.38. The first-order chi connectivity index (χ1) is 12.7. The third-order valence-corrected chi connectivity index (χ3v) is 5.95. The number of thiazole rings is 1. The second kappa shape index (κ2) is 8.45. The average Bonchev–Trinajstić information content (AvgIpc) is 3.15. The average molecular weight is 371 g/mol. The van der Waals surface area contributed by atoms with Crippen molar-refractivity contribution in [2.75, 3.05) is 7.05 Å². The molecule has 1 aromatic carbocycles. The fourth-order valence-electron chi connectivity index (χ4n) is 3.57. The zero-order chi connectivity index (χ0) is 18.4. The molecule has 5 nitrogen and oxygen atoms in total. The number of benzene rings is 1. The second-order valence-corrected chi connectivity index (χ2v) is 7.70. The van der Waals surface area contributed by atoms with Crippen LogP contribution in [0, 0.1) is 0 Å². The number of aromatic nitrogens is 1. The van der Waals surface area contributed by atoms with Crippen molar-refractivity contribution in [3.63, 3.8) is 0 Å². The molecule has 0 atom stereocenters. The molecule has 0 amide bonds. The summed E-state index contributed by atoms with van der Waals surface area (Å²) in [7, 11) is 1.74. The Morgan fingerprint density at radius 1 is 1.35 bits per heavy atom. The summed E-state index contributed by atoms with van der Waals surface area (Å²) in [6.45, 7) is 2.21. The van der Waals surface area contributed by atoms with Crippen LogP contribution in [0.4, 0.5) is 0 Å². The fraction of sp³-hybridized carbons (Fsp3) is 0.450. The SMILES string of the molecule is CCC1(NC(=NC)N/C(C=O)=C\c2ccc3ncsc3c2)CCCCC1. The molecule has 0 saturated heterocycles. The van der Waals surface area contributed by atoms with Crippen molar-refractivity contribution in [2.24, 2.45) is 4.99 Å². The Hall–Kier alpha value is -2.21. The number of carbonyl (C=O) groups excluding carboxylic acids is 1. The van der Waals surface area contributed by atoms with E-state index in [0.717, 1.165) is 41.3 Å². The lowest BCUT2D eigenvalue weighted by atomic mass is 9.80. The zero-order valence-electron chi connectivity index (χ0n) is 15.4. The quantitative estimate of drug-likeness (QED) is 0.360. The van der Waals surface area contributed by atoms with E-state index in [4.69, 9.17) is 0 Å². The Bertz CT molecular complexity index is 818. The fourth-order valence-corrected chi connectivity index (χ4v) is 4.29. The molecule has 3 rings (SSSR count). The van der Waals surface area contributed by atoms with Gasteiger partial charge in [-0.05, 0) is 43.0 Å². The van der Waals surface area contributed by atoms with Crippen LogP contribution in [0.3, 0.4) is 0 Å². The van der Waals surface area contributed by atoms with Crippen LogP contribution in [0.5, 0.6) is 0 Å². The predicted molar refractivity (Wildman–Crippen MR) is 109 cm³/mol. The maximum atomic E-state index is 11.6. The lowest BCUT2D eigenvalue weighted by molar-refractivity contribution is -0.105. The highest BCUT2D eigenvalue weighted by molar-refractivity contribution is 7.16. The zero-order valence-corrected chi connectivity index (χ0v) is 16.2. The Morgan fingerprint density at radius 3 is 2.85 bits per heavy atom. The van der Waals surface area contributed by atoms with Crippen molar-refractivity contribution in [1.82, 2.24) is 15.6 Å². The van der Waals surface area contributed by atoms with Crippen molar-refractivity contribution >= 4 is 39.9 Å². The minimum Gasteiger partial charge on any atom is -0.351 e. The number of allylic oxidation sites excluding steroid dienone is 1. The van der Waals surface area contributed by atoms with E-state index in [9.17, 15) is 4.79 Å². The number of rotatable bonds is 5. The molecule has 26 heavy (non-hydrogen) atoms. The molecule has 1 aliphatic rings. The van der Waals surface area contributed by atoms with Crippen LogP contribution in [0.1, 0.15) is 51.0 Å². The number of hydrogen-bond donors (Lipinski definition) is 2. The van der Waals surface area contributed by atoms with Gasteiger partial charge in [-0.25, -0.2) is 4.98 Å². The van der Waals surface area contributed by atoms with E-state index in [0.29, 0.717) is 11.7 Å². The summed E-state index contributed by atoms with van der Waals surface area (Å²) in [6.07, 6.45) is 9.80. The maximum absolute atomic E-state index is 11.6. The van der Waals surface area contributed by atoms with Crippen LogP contribution in [0.25, 0.3) is 16.3 Å². The van der Waals surface area contributed by atoms with Gasteiger partial charge in [0.1, 0.15) is 0 Å². The number of carbonyl (C=O) groups is 1. The highest BCUT2D eigenvalue weighted by Crippen LogP contribution is 2.30. The summed E-state index contributed by atoms with van der Waals surface area (Å²) >= 11 is 1.60. The van der Waals surface area contributed by atoms with E-state index in [-0.39, 0.29) is 5.54 Å². The molecule has 2 aromatic rings. The number of aldehydes is 1. The molecule has 1 saturated carbocycles. The van der Waals surface area contributed by atoms with Crippen LogP contribution in [0.15, 0.2) is 34.4 Å². The van der Waals surface area contributed by atoms with E-state index in [1.54, 1.807) is 18.4 Å². The Balaban J connectivity index is 1.75. The molecular weight excluding hydrogens is 344 g/mol. The van der Waals surface area contributed by atoms with Gasteiger partial charge in [-0.3, -0.25) is 9.79 Å². The molecule has 2 N–H and O–H groups in total. The van der Waals surface area contributed by atoms with Gasteiger partial charge in [0.15, 0.2) is 12.2 Å². The van der Waals surface area contributed by atoms with Crippen molar-refractivity contribution in [2.45, 2.75) is 51.0 Å². The van der Waals surface area contributed by atoms with Gasteiger partial charge in [0, 0.05) is 12.6 Å². The summed E-state index contributed by atoms with van der Waals surface area (Å²) in [5.74, 6) is 0.658. The molecule has 6 heteroatoms. The third kappa shape index (κ3) is 4.30. The molecule has 0 radical (unpaired) electrons. The number of nitrogens with zero attached hydrogens (tertiary/aromatic N) is 2. The molecule has 1 aliphatic carbocycles. The van der Waals surface area contributed by atoms with Gasteiger partial charge in [-0.1, -0.05) is 32.3 Å². The van der Waals surface area contributed by atoms with Crippen molar-refractivity contribution in [1.29, 1.82) is 0 Å². The lowest BCUT2D eigenvalue weighted by Crippen LogP contribution is -2.53. The van der Waals surface area contributed by atoms with Gasteiger partial charge >= 0.3 is 0 Å². The molecule has 0 bridgehead atoms. The summed E-state index contributed by atoms with van der Waals surface area (Å²) in [4.78, 5) is 20.2. The molecule has 0 spiro atoms. The number of guanidine groups is 1. The normalized spacial score (nSPS) is 17.9. The molecule has 0 aliphatic heterocycles. The van der Waals surface area contributed by atoms with Gasteiger partial charge in [0.05, 0.1) is 21.4 Å². The van der Waals surface area contributed by atoms with Crippen LogP contribution < -0.4 is 10.6 Å². The summed E-state index contributed by atoms with van der Waals surface area (Å²) in [5.41, 5.74) is 4.35. The second-order valence-electron chi connectivity index (χ2n) is 6.81. The molecule has 1 aromatic heterocycles. The summed E-state index contributed by atoms with van der Waals surface area (Å²) in [6, 6.07) is 5.99. The first-order valence-corrected chi connectivity index (χ1v) is 10.1. The minimum absolute atomic E-state index is 0.0790. The van der Waals surface area contributed by atoms with E-state index < -0.39 is 0 Å². The first kappa shape index (κ1) is 18.6. The van der Waals surface area contributed by atoms with Crippen LogP contribution in [-0.4, -0.2) is 29.8 Å². The van der Waals surface area contributed by atoms with E-state index in [1.165, 1.54) is 19.3 Å². The molecule has 1 fully saturated rings. The van der Waals surface area contributed by atoms with Crippen LogP contribution >= 0.6 is 11.3 Å². The maximum Gasteiger partial charge on any atom is 0.196 e. The molecular formula is C20H26N4OS. The van der Waals surface area contributed by atoms with Gasteiger partial charge in [-0.15, -0.1) is 11.3 Å². The molecule has 138 valence electrons. The first-order valence-electron chi connectivity index (χ1n) is 9.20. The Labute approximate surface area is 158 Å². The highest BCUT2D eigenvalue weighted by Gasteiger charge is 2.30. The number of nitrogens with one attached hydrogen (secondary N) is 2. The topological polar surface area (TPSA) is 66.4 Å². The highest BCUT2D eigenvalue weighted by atomic mass is 32.1. The van der Waals surface area contributed by atoms with Crippen molar-refractivity contribution in [3.8, 4) is 0 Å². The third-order valence-electron chi connectivity index (χ3n) is 5.16. The standard InChI is InChI=1S/C20H26N4OS/c1-3-20(9-5-4-6-10-20)24-19(21-2)23-16(13-25)11-15-7-8-17-18(12-15)26-14-22-17/h7-8,11-14H,3-6,9-10H2,1-2H3,(H2,21,23,24)/b16-11-. The predicted octanol–water partition coefficient (Wildman–Crippen LogP) is 4.11. The number of aliphatic imine (C=N–C) groups is 1. The molecule has 1 heterocycles. The van der Waals surface area contributed by atoms with Crippen LogP contribution in [0.2, 0.25) is 0 Å². The number of fused-ring (bicyclic) bond motifs is 1. The monoisotopic (exact) mass is 370 g/mol. The summed E-state index contributed by atoms with van der Waals surface area (Å²) in [5, 5.41) is 6.75. The van der Waals surface area contributed by atoms with Gasteiger partial charge in [0.2, 0.25) is 0 Å². The van der Waals surface area contributed by atoms with Gasteiger partial charge < -0.3 is 10.6 Å². The van der Waals surface area contributed by atoms with Gasteiger partial charge in [0.25, 0.3) is 0 Å². The van der Waals surface area contributed by atoms with Gasteiger partial charge in [-0.2, -0.15) is 0 Å². The molecule has 0 unspecified atom stereocenters. The van der Waals surface area contributed by atoms with Crippen LogP contribution in [-0.2, 0) is 4.79 Å². The van der Waals surface area contributed by atoms with E-state index in [2.05, 4.69) is 27.5 Å². The van der Waals surface area contributed by atoms with Crippen molar-refractivity contribution in [3.05, 3.63) is 35.0 Å². The Kier molecular flexibility index (Phi) is 6.04.